The third-order valence-corrected chi connectivity index (χ3v) is 3.98. The number of benzene rings is 1. The van der Waals surface area contributed by atoms with Crippen molar-refractivity contribution in [3.8, 4) is 0 Å². The van der Waals surface area contributed by atoms with Crippen LogP contribution in [0.25, 0.3) is 5.57 Å². The molecule has 0 aliphatic carbocycles. The normalized spacial score (nSPS) is 12.0. The average Bonchev–Trinajstić information content (AvgIpc) is 2.48. The van der Waals surface area contributed by atoms with Gasteiger partial charge >= 0.3 is 6.18 Å². The highest BCUT2D eigenvalue weighted by atomic mass is 19.4. The monoisotopic (exact) mass is 352 g/mol. The molecule has 0 nitrogen and oxygen atoms in total. The highest BCUT2D eigenvalue weighted by Gasteiger charge is 2.30. The zero-order valence-electron chi connectivity index (χ0n) is 16.2. The van der Waals surface area contributed by atoms with Gasteiger partial charge in [-0.3, -0.25) is 0 Å². The second-order valence-electron chi connectivity index (χ2n) is 8.01. The Kier molecular flexibility index (Phi) is 8.02. The lowest BCUT2D eigenvalue weighted by Gasteiger charge is -2.17. The lowest BCUT2D eigenvalue weighted by molar-refractivity contribution is -0.137. The van der Waals surface area contributed by atoms with E-state index in [0.717, 1.165) is 55.7 Å². The van der Waals surface area contributed by atoms with E-state index in [4.69, 9.17) is 0 Å². The first kappa shape index (κ1) is 21.6. The van der Waals surface area contributed by atoms with Crippen LogP contribution in [0.5, 0.6) is 0 Å². The summed E-state index contributed by atoms with van der Waals surface area (Å²) in [5, 5.41) is 0. The molecule has 0 saturated carbocycles. The van der Waals surface area contributed by atoms with Crippen LogP contribution in [0.3, 0.4) is 0 Å². The van der Waals surface area contributed by atoms with E-state index >= 15 is 0 Å². The molecule has 0 fully saturated rings. The Labute approximate surface area is 150 Å². The number of hydrogen-bond donors (Lipinski definition) is 0. The van der Waals surface area contributed by atoms with Gasteiger partial charge in [0, 0.05) is 5.57 Å². The van der Waals surface area contributed by atoms with Crippen LogP contribution >= 0.6 is 0 Å². The van der Waals surface area contributed by atoms with Crippen LogP contribution in [0.1, 0.15) is 84.3 Å². The minimum absolute atomic E-state index is 0.137. The fourth-order valence-electron chi connectivity index (χ4n) is 2.99. The molecule has 140 valence electrons. The van der Waals surface area contributed by atoms with Crippen molar-refractivity contribution in [2.24, 2.45) is 5.41 Å². The molecule has 0 heterocycles. The fourth-order valence-corrected chi connectivity index (χ4v) is 2.99. The van der Waals surface area contributed by atoms with Crippen LogP contribution in [0, 0.1) is 5.41 Å². The van der Waals surface area contributed by atoms with E-state index in [9.17, 15) is 13.2 Å². The molecule has 0 aromatic heterocycles. The van der Waals surface area contributed by atoms with Gasteiger partial charge in [0.2, 0.25) is 0 Å². The minimum Gasteiger partial charge on any atom is -0.166 e. The summed E-state index contributed by atoms with van der Waals surface area (Å²) in [6.07, 6.45) is 1.71. The van der Waals surface area contributed by atoms with Crippen molar-refractivity contribution in [2.45, 2.75) is 79.3 Å². The second kappa shape index (κ2) is 9.29. The molecule has 0 aliphatic rings. The Bertz CT molecular complexity index is 609. The van der Waals surface area contributed by atoms with Gasteiger partial charge in [-0.25, -0.2) is 0 Å². The summed E-state index contributed by atoms with van der Waals surface area (Å²) in [6.45, 7) is 10.6. The molecule has 0 aliphatic heterocycles. The number of unbranched alkanes of at least 4 members (excludes halogenated alkanes) is 3. The molecule has 0 bridgehead atoms. The Morgan fingerprint density at radius 3 is 2.28 bits per heavy atom. The number of alkyl halides is 3. The van der Waals surface area contributed by atoms with E-state index in [0.29, 0.717) is 5.56 Å². The molecule has 0 N–H and O–H groups in total. The van der Waals surface area contributed by atoms with Gasteiger partial charge < -0.3 is 0 Å². The van der Waals surface area contributed by atoms with E-state index in [1.54, 1.807) is 6.07 Å². The van der Waals surface area contributed by atoms with Gasteiger partial charge in [-0.15, -0.1) is 5.73 Å². The van der Waals surface area contributed by atoms with Crippen LogP contribution in [0.15, 0.2) is 35.6 Å². The van der Waals surface area contributed by atoms with Gasteiger partial charge in [0.1, 0.15) is 0 Å². The van der Waals surface area contributed by atoms with E-state index < -0.39 is 11.7 Å². The van der Waals surface area contributed by atoms with Crippen LogP contribution in [-0.2, 0) is 6.18 Å². The molecular weight excluding hydrogens is 321 g/mol. The van der Waals surface area contributed by atoms with E-state index in [2.05, 4.69) is 33.4 Å². The van der Waals surface area contributed by atoms with Gasteiger partial charge in [0.15, 0.2) is 0 Å². The third kappa shape index (κ3) is 8.45. The fraction of sp³-hybridized carbons (Fsp3) is 0.591. The largest absolute Gasteiger partial charge is 0.416 e. The third-order valence-electron chi connectivity index (χ3n) is 3.98. The molecule has 0 saturated heterocycles. The van der Waals surface area contributed by atoms with Crippen LogP contribution in [0.2, 0.25) is 0 Å². The van der Waals surface area contributed by atoms with E-state index in [1.165, 1.54) is 12.1 Å². The molecule has 1 rings (SSSR count). The summed E-state index contributed by atoms with van der Waals surface area (Å²) in [6, 6.07) is 5.64. The van der Waals surface area contributed by atoms with E-state index in [-0.39, 0.29) is 5.41 Å². The number of hydrogen-bond acceptors (Lipinski definition) is 0. The number of rotatable bonds is 7. The first-order valence-electron chi connectivity index (χ1n) is 9.16. The number of allylic oxidation sites excluding steroid dienone is 1. The lowest BCUT2D eigenvalue weighted by Crippen LogP contribution is -2.05. The molecule has 25 heavy (non-hydrogen) atoms. The van der Waals surface area contributed by atoms with Gasteiger partial charge in [0.05, 0.1) is 5.56 Å². The average molecular weight is 352 g/mol. The molecule has 0 amide bonds. The zero-order valence-corrected chi connectivity index (χ0v) is 16.2. The maximum atomic E-state index is 13.0. The zero-order chi connectivity index (χ0) is 19.1. The summed E-state index contributed by atoms with van der Waals surface area (Å²) in [4.78, 5) is 0. The Hall–Kier alpha value is -1.47. The van der Waals surface area contributed by atoms with Gasteiger partial charge in [-0.05, 0) is 54.9 Å². The van der Waals surface area contributed by atoms with Crippen LogP contribution in [0.4, 0.5) is 13.2 Å². The molecule has 0 spiro atoms. The molecule has 1 aromatic carbocycles. The van der Waals surface area contributed by atoms with E-state index in [1.807, 2.05) is 6.92 Å². The summed E-state index contributed by atoms with van der Waals surface area (Å²) >= 11 is 0. The SMILES string of the molecule is CCCCCCC(=C=C(C)CC(C)(C)C)c1cccc(C(F)(F)F)c1. The van der Waals surface area contributed by atoms with Crippen molar-refractivity contribution in [1.82, 2.24) is 0 Å². The van der Waals surface area contributed by atoms with Crippen LogP contribution in [-0.4, -0.2) is 0 Å². The van der Waals surface area contributed by atoms with Crippen molar-refractivity contribution in [1.29, 1.82) is 0 Å². The predicted octanol–water partition coefficient (Wildman–Crippen LogP) is 8.04. The van der Waals surface area contributed by atoms with Crippen molar-refractivity contribution in [3.63, 3.8) is 0 Å². The minimum atomic E-state index is -4.31. The highest BCUT2D eigenvalue weighted by molar-refractivity contribution is 5.66. The van der Waals surface area contributed by atoms with Crippen molar-refractivity contribution in [3.05, 3.63) is 46.7 Å². The molecule has 3 heteroatoms. The predicted molar refractivity (Wildman–Crippen MR) is 100 cm³/mol. The molecule has 0 unspecified atom stereocenters. The standard InChI is InChI=1S/C22H31F3/c1-6-7-8-9-11-18(14-17(2)16-21(3,4)5)19-12-10-13-20(15-19)22(23,24)25/h10,12-13,15H,6-9,11,16H2,1-5H3. The molecule has 1 aromatic rings. The summed E-state index contributed by atoms with van der Waals surface area (Å²) in [5.74, 6) is 0. The lowest BCUT2D eigenvalue weighted by atomic mass is 9.88. The summed E-state index contributed by atoms with van der Waals surface area (Å²) < 4.78 is 39.1. The Morgan fingerprint density at radius 2 is 1.72 bits per heavy atom. The van der Waals surface area contributed by atoms with Crippen LogP contribution < -0.4 is 0 Å². The van der Waals surface area contributed by atoms with Crippen molar-refractivity contribution >= 4 is 5.57 Å². The molecule has 0 atom stereocenters. The Balaban J connectivity index is 3.20. The van der Waals surface area contributed by atoms with Gasteiger partial charge in [0.25, 0.3) is 0 Å². The maximum absolute atomic E-state index is 13.0. The first-order valence-corrected chi connectivity index (χ1v) is 9.16. The molecule has 0 radical (unpaired) electrons. The highest BCUT2D eigenvalue weighted by Crippen LogP contribution is 2.32. The van der Waals surface area contributed by atoms with Gasteiger partial charge in [-0.1, -0.05) is 59.1 Å². The van der Waals surface area contributed by atoms with Crippen molar-refractivity contribution < 1.29 is 13.2 Å². The Morgan fingerprint density at radius 1 is 1.04 bits per heavy atom. The topological polar surface area (TPSA) is 0 Å². The number of halogens is 3. The maximum Gasteiger partial charge on any atom is 0.416 e. The first-order chi connectivity index (χ1) is 11.5. The quantitative estimate of drug-likeness (QED) is 0.344. The molecular formula is C22H31F3. The second-order valence-corrected chi connectivity index (χ2v) is 8.01. The van der Waals surface area contributed by atoms with Crippen molar-refractivity contribution in [2.75, 3.05) is 0 Å². The summed E-state index contributed by atoms with van der Waals surface area (Å²) in [7, 11) is 0. The smallest absolute Gasteiger partial charge is 0.166 e. The summed E-state index contributed by atoms with van der Waals surface area (Å²) in [5.41, 5.74) is 5.58. The van der Waals surface area contributed by atoms with Gasteiger partial charge in [-0.2, -0.15) is 13.2 Å².